The number of hydrogen-bond donors (Lipinski definition) is 2. The number of halogens is 1. The minimum atomic E-state index is -1.09. The van der Waals surface area contributed by atoms with Gasteiger partial charge < -0.3 is 10.4 Å². The molecular formula is C19H19BrN4O3S. The fraction of sp³-hybridized carbons (Fsp3) is 0.263. The topological polar surface area (TPSA) is 97.1 Å². The summed E-state index contributed by atoms with van der Waals surface area (Å²) >= 11 is 4.65. The van der Waals surface area contributed by atoms with Gasteiger partial charge in [-0.1, -0.05) is 48.2 Å². The maximum absolute atomic E-state index is 12.6. The van der Waals surface area contributed by atoms with Crippen molar-refractivity contribution in [3.8, 4) is 5.69 Å². The first-order valence-corrected chi connectivity index (χ1v) is 10.1. The zero-order valence-electron chi connectivity index (χ0n) is 15.5. The second-order valence-electron chi connectivity index (χ2n) is 6.73. The highest BCUT2D eigenvalue weighted by molar-refractivity contribution is 9.10. The molecule has 7 nitrogen and oxygen atoms in total. The molecule has 3 rings (SSSR count). The van der Waals surface area contributed by atoms with E-state index in [1.165, 1.54) is 18.7 Å². The monoisotopic (exact) mass is 462 g/mol. The van der Waals surface area contributed by atoms with Crippen molar-refractivity contribution < 1.29 is 14.7 Å². The number of nitrogens with one attached hydrogen (secondary N) is 1. The quantitative estimate of drug-likeness (QED) is 0.542. The van der Waals surface area contributed by atoms with Gasteiger partial charge in [0.15, 0.2) is 5.16 Å². The number of carbonyl (C=O) groups is 2. The molecule has 1 heterocycles. The van der Waals surface area contributed by atoms with E-state index in [0.717, 1.165) is 16.5 Å². The number of aliphatic carboxylic acids is 1. The number of benzene rings is 2. The second kappa shape index (κ2) is 7.92. The van der Waals surface area contributed by atoms with Gasteiger partial charge in [0.05, 0.1) is 10.4 Å². The van der Waals surface area contributed by atoms with E-state index in [-0.39, 0.29) is 0 Å². The molecule has 0 saturated carbocycles. The van der Waals surface area contributed by atoms with Gasteiger partial charge in [0, 0.05) is 5.39 Å². The van der Waals surface area contributed by atoms with Crippen molar-refractivity contribution in [1.29, 1.82) is 0 Å². The van der Waals surface area contributed by atoms with Crippen LogP contribution in [0.3, 0.4) is 0 Å². The van der Waals surface area contributed by atoms with E-state index in [1.54, 1.807) is 13.8 Å². The van der Waals surface area contributed by atoms with Crippen molar-refractivity contribution in [3.63, 3.8) is 0 Å². The number of carboxylic acid groups (broad SMARTS) is 1. The van der Waals surface area contributed by atoms with Crippen molar-refractivity contribution >= 4 is 50.3 Å². The standard InChI is InChI=1S/C19H19BrN4O3S/c1-11(15(25)26)21-16(27)19(2,3)28-18-23-22-17(20)24(18)14-10-6-8-12-7-4-5-9-13(12)14/h4-11H,1-3H3,(H,21,27)(H,25,26). The molecule has 0 spiro atoms. The third kappa shape index (κ3) is 4.05. The Kier molecular flexibility index (Phi) is 5.76. The van der Waals surface area contributed by atoms with Crippen LogP contribution in [-0.4, -0.2) is 42.5 Å². The van der Waals surface area contributed by atoms with Gasteiger partial charge >= 0.3 is 5.97 Å². The van der Waals surface area contributed by atoms with Gasteiger partial charge in [0.1, 0.15) is 6.04 Å². The molecule has 1 atom stereocenters. The van der Waals surface area contributed by atoms with Gasteiger partial charge in [0.25, 0.3) is 0 Å². The van der Waals surface area contributed by atoms with Crippen LogP contribution in [0.15, 0.2) is 52.4 Å². The minimum absolute atomic E-state index is 0.393. The molecule has 0 aliphatic heterocycles. The Morgan fingerprint density at radius 3 is 2.57 bits per heavy atom. The summed E-state index contributed by atoms with van der Waals surface area (Å²) < 4.78 is 1.39. The van der Waals surface area contributed by atoms with Crippen LogP contribution >= 0.6 is 27.7 Å². The summed E-state index contributed by atoms with van der Waals surface area (Å²) in [7, 11) is 0. The number of carbonyl (C=O) groups excluding carboxylic acids is 1. The van der Waals surface area contributed by atoms with Crippen molar-refractivity contribution in [2.75, 3.05) is 0 Å². The Morgan fingerprint density at radius 2 is 1.86 bits per heavy atom. The zero-order chi connectivity index (χ0) is 20.5. The normalized spacial score (nSPS) is 12.7. The highest BCUT2D eigenvalue weighted by Gasteiger charge is 2.33. The maximum Gasteiger partial charge on any atom is 0.325 e. The number of nitrogens with zero attached hydrogens (tertiary/aromatic N) is 3. The molecule has 0 aliphatic rings. The Bertz CT molecular complexity index is 1050. The molecule has 3 aromatic rings. The molecule has 1 unspecified atom stereocenters. The molecule has 1 amide bonds. The van der Waals surface area contributed by atoms with Crippen LogP contribution in [-0.2, 0) is 9.59 Å². The van der Waals surface area contributed by atoms with Gasteiger partial charge in [-0.2, -0.15) is 0 Å². The van der Waals surface area contributed by atoms with E-state index >= 15 is 0 Å². The molecule has 146 valence electrons. The predicted molar refractivity (Wildman–Crippen MR) is 112 cm³/mol. The molecule has 1 aromatic heterocycles. The number of aromatic nitrogens is 3. The smallest absolute Gasteiger partial charge is 0.325 e. The molecule has 0 radical (unpaired) electrons. The van der Waals surface area contributed by atoms with Crippen LogP contribution in [0.5, 0.6) is 0 Å². The predicted octanol–water partition coefficient (Wildman–Crippen LogP) is 3.64. The van der Waals surface area contributed by atoms with Crippen LogP contribution in [0.4, 0.5) is 0 Å². The van der Waals surface area contributed by atoms with Gasteiger partial charge in [-0.15, -0.1) is 10.2 Å². The van der Waals surface area contributed by atoms with Crippen LogP contribution in [0.25, 0.3) is 16.5 Å². The van der Waals surface area contributed by atoms with E-state index in [2.05, 4.69) is 31.4 Å². The number of hydrogen-bond acceptors (Lipinski definition) is 5. The summed E-state index contributed by atoms with van der Waals surface area (Å²) in [6, 6.07) is 12.9. The maximum atomic E-state index is 12.6. The van der Waals surface area contributed by atoms with Crippen LogP contribution in [0.1, 0.15) is 20.8 Å². The molecular weight excluding hydrogens is 444 g/mol. The molecule has 0 bridgehead atoms. The van der Waals surface area contributed by atoms with Gasteiger partial charge in [-0.25, -0.2) is 0 Å². The molecule has 2 aromatic carbocycles. The van der Waals surface area contributed by atoms with Crippen molar-refractivity contribution in [3.05, 3.63) is 47.2 Å². The van der Waals surface area contributed by atoms with Gasteiger partial charge in [-0.3, -0.25) is 14.2 Å². The SMILES string of the molecule is CC(NC(=O)C(C)(C)Sc1nnc(Br)n1-c1cccc2ccccc12)C(=O)O. The lowest BCUT2D eigenvalue weighted by Gasteiger charge is -2.24. The fourth-order valence-electron chi connectivity index (χ4n) is 2.63. The van der Waals surface area contributed by atoms with E-state index < -0.39 is 22.7 Å². The van der Waals surface area contributed by atoms with Crippen molar-refractivity contribution in [1.82, 2.24) is 20.1 Å². The third-order valence-corrected chi connectivity index (χ3v) is 5.87. The molecule has 9 heteroatoms. The first kappa shape index (κ1) is 20.3. The summed E-state index contributed by atoms with van der Waals surface area (Å²) in [5.74, 6) is -1.48. The highest BCUT2D eigenvalue weighted by Crippen LogP contribution is 2.36. The minimum Gasteiger partial charge on any atom is -0.480 e. The zero-order valence-corrected chi connectivity index (χ0v) is 17.9. The van der Waals surface area contributed by atoms with Gasteiger partial charge in [-0.05, 0) is 48.2 Å². The lowest BCUT2D eigenvalue weighted by molar-refractivity contribution is -0.141. The number of thioether (sulfide) groups is 1. The van der Waals surface area contributed by atoms with Gasteiger partial charge in [0.2, 0.25) is 10.6 Å². The van der Waals surface area contributed by atoms with E-state index in [9.17, 15) is 9.59 Å². The van der Waals surface area contributed by atoms with E-state index in [0.29, 0.717) is 9.89 Å². The molecule has 0 fully saturated rings. The van der Waals surface area contributed by atoms with Crippen LogP contribution in [0, 0.1) is 0 Å². The third-order valence-electron chi connectivity index (χ3n) is 4.21. The molecule has 0 saturated heterocycles. The first-order chi connectivity index (χ1) is 13.2. The summed E-state index contributed by atoms with van der Waals surface area (Å²) in [4.78, 5) is 23.6. The summed E-state index contributed by atoms with van der Waals surface area (Å²) in [6.45, 7) is 4.87. The fourth-order valence-corrected chi connectivity index (χ4v) is 4.15. The number of carboxylic acids is 1. The molecule has 0 aliphatic carbocycles. The molecule has 28 heavy (non-hydrogen) atoms. The highest BCUT2D eigenvalue weighted by atomic mass is 79.9. The van der Waals surface area contributed by atoms with Crippen LogP contribution in [0.2, 0.25) is 0 Å². The largest absolute Gasteiger partial charge is 0.480 e. The average Bonchev–Trinajstić information content (AvgIpc) is 3.00. The summed E-state index contributed by atoms with van der Waals surface area (Å²) in [5.41, 5.74) is 0.882. The lowest BCUT2D eigenvalue weighted by Crippen LogP contribution is -2.47. The lowest BCUT2D eigenvalue weighted by atomic mass is 10.1. The number of rotatable bonds is 6. The first-order valence-electron chi connectivity index (χ1n) is 8.52. The van der Waals surface area contributed by atoms with E-state index in [1.807, 2.05) is 47.0 Å². The molecule has 2 N–H and O–H groups in total. The summed E-state index contributed by atoms with van der Waals surface area (Å²) in [5, 5.41) is 22.5. The second-order valence-corrected chi connectivity index (χ2v) is 9.03. The van der Waals surface area contributed by atoms with Crippen LogP contribution < -0.4 is 5.32 Å². The Labute approximate surface area is 174 Å². The number of amides is 1. The van der Waals surface area contributed by atoms with E-state index in [4.69, 9.17) is 5.11 Å². The van der Waals surface area contributed by atoms with Crippen molar-refractivity contribution in [2.24, 2.45) is 0 Å². The Hall–Kier alpha value is -2.39. The summed E-state index contributed by atoms with van der Waals surface area (Å²) in [6.07, 6.45) is 0. The van der Waals surface area contributed by atoms with Crippen molar-refractivity contribution in [2.45, 2.75) is 36.7 Å². The Balaban J connectivity index is 1.97. The Morgan fingerprint density at radius 1 is 1.18 bits per heavy atom. The average molecular weight is 463 g/mol. The number of fused-ring (bicyclic) bond motifs is 1.